The number of anilines is 1. The molecule has 0 fully saturated rings. The minimum absolute atomic E-state index is 1.04. The Kier molecular flexibility index (Phi) is 3.78. The Labute approximate surface area is 109 Å². The molecule has 0 bridgehead atoms. The van der Waals surface area contributed by atoms with E-state index in [0.29, 0.717) is 0 Å². The summed E-state index contributed by atoms with van der Waals surface area (Å²) in [6.45, 7) is 1.99. The second kappa shape index (κ2) is 5.50. The van der Waals surface area contributed by atoms with E-state index in [0.717, 1.165) is 11.3 Å². The van der Waals surface area contributed by atoms with Gasteiger partial charge in [-0.1, -0.05) is 30.4 Å². The van der Waals surface area contributed by atoms with Crippen LogP contribution in [0.2, 0.25) is 0 Å². The molecule has 0 unspecified atom stereocenters. The van der Waals surface area contributed by atoms with Crippen LogP contribution < -0.4 is 4.90 Å². The highest BCUT2D eigenvalue weighted by Crippen LogP contribution is 2.14. The Morgan fingerprint density at radius 3 is 2.06 bits per heavy atom. The van der Waals surface area contributed by atoms with Gasteiger partial charge in [0.2, 0.25) is 0 Å². The number of nitrogens with zero attached hydrogens (tertiary/aromatic N) is 2. The molecule has 2 nitrogen and oxygen atoms in total. The van der Waals surface area contributed by atoms with Gasteiger partial charge in [0, 0.05) is 31.7 Å². The molecule has 2 aromatic rings. The van der Waals surface area contributed by atoms with Crippen LogP contribution in [-0.2, 0) is 0 Å². The zero-order chi connectivity index (χ0) is 13.0. The number of rotatable bonds is 3. The molecule has 0 aliphatic carbocycles. The Hall–Kier alpha value is -2.09. The fourth-order valence-corrected chi connectivity index (χ4v) is 1.65. The number of aromatic nitrogens is 1. The fraction of sp³-hybridized carbons (Fsp3) is 0.188. The SMILES string of the molecule is Cc1ccc(/C=C/c2ccc(N(C)C)cc2)cn1. The van der Waals surface area contributed by atoms with E-state index in [1.165, 1.54) is 11.3 Å². The molecule has 2 heteroatoms. The van der Waals surface area contributed by atoms with Crippen molar-refractivity contribution in [2.75, 3.05) is 19.0 Å². The quantitative estimate of drug-likeness (QED) is 0.811. The highest BCUT2D eigenvalue weighted by molar-refractivity contribution is 5.70. The van der Waals surface area contributed by atoms with Crippen molar-refractivity contribution in [3.63, 3.8) is 0 Å². The highest BCUT2D eigenvalue weighted by atomic mass is 15.1. The van der Waals surface area contributed by atoms with E-state index in [4.69, 9.17) is 0 Å². The Bertz CT molecular complexity index is 522. The summed E-state index contributed by atoms with van der Waals surface area (Å²) in [5, 5.41) is 0. The molecule has 1 aromatic heterocycles. The third-order valence-electron chi connectivity index (χ3n) is 2.81. The number of benzene rings is 1. The maximum absolute atomic E-state index is 4.27. The second-order valence-corrected chi connectivity index (χ2v) is 4.55. The number of hydrogen-bond donors (Lipinski definition) is 0. The minimum Gasteiger partial charge on any atom is -0.378 e. The van der Waals surface area contributed by atoms with Crippen LogP contribution in [0.1, 0.15) is 16.8 Å². The molecule has 1 heterocycles. The Balaban J connectivity index is 2.11. The van der Waals surface area contributed by atoms with Crippen LogP contribution in [0, 0.1) is 6.92 Å². The van der Waals surface area contributed by atoms with E-state index in [2.05, 4.69) is 52.4 Å². The van der Waals surface area contributed by atoms with Crippen LogP contribution >= 0.6 is 0 Å². The summed E-state index contributed by atoms with van der Waals surface area (Å²) in [5.41, 5.74) is 4.57. The summed E-state index contributed by atoms with van der Waals surface area (Å²) in [6, 6.07) is 12.6. The minimum atomic E-state index is 1.04. The molecule has 18 heavy (non-hydrogen) atoms. The Morgan fingerprint density at radius 2 is 1.50 bits per heavy atom. The van der Waals surface area contributed by atoms with Gasteiger partial charge < -0.3 is 4.90 Å². The first-order valence-corrected chi connectivity index (χ1v) is 6.03. The van der Waals surface area contributed by atoms with Crippen LogP contribution in [0.3, 0.4) is 0 Å². The first-order chi connectivity index (χ1) is 8.65. The fourth-order valence-electron chi connectivity index (χ4n) is 1.65. The second-order valence-electron chi connectivity index (χ2n) is 4.55. The van der Waals surface area contributed by atoms with Crippen molar-refractivity contribution < 1.29 is 0 Å². The summed E-state index contributed by atoms with van der Waals surface area (Å²) in [5.74, 6) is 0. The molecule has 0 radical (unpaired) electrons. The van der Waals surface area contributed by atoms with E-state index < -0.39 is 0 Å². The van der Waals surface area contributed by atoms with Crippen LogP contribution in [-0.4, -0.2) is 19.1 Å². The van der Waals surface area contributed by atoms with Gasteiger partial charge in [0.1, 0.15) is 0 Å². The smallest absolute Gasteiger partial charge is 0.0373 e. The van der Waals surface area contributed by atoms with Gasteiger partial charge in [-0.25, -0.2) is 0 Å². The van der Waals surface area contributed by atoms with E-state index >= 15 is 0 Å². The average molecular weight is 238 g/mol. The van der Waals surface area contributed by atoms with E-state index in [-0.39, 0.29) is 0 Å². The lowest BCUT2D eigenvalue weighted by Gasteiger charge is -2.11. The van der Waals surface area contributed by atoms with Crippen LogP contribution in [0.25, 0.3) is 12.2 Å². The average Bonchev–Trinajstić information content (AvgIpc) is 2.38. The molecule has 1 aromatic carbocycles. The van der Waals surface area contributed by atoms with Crippen molar-refractivity contribution in [1.29, 1.82) is 0 Å². The zero-order valence-corrected chi connectivity index (χ0v) is 11.1. The monoisotopic (exact) mass is 238 g/mol. The van der Waals surface area contributed by atoms with Crippen molar-refractivity contribution in [3.8, 4) is 0 Å². The normalized spacial score (nSPS) is 10.8. The molecule has 2 rings (SSSR count). The molecule has 0 spiro atoms. The van der Waals surface area contributed by atoms with Gasteiger partial charge in [-0.3, -0.25) is 4.98 Å². The number of hydrogen-bond acceptors (Lipinski definition) is 2. The van der Waals surface area contributed by atoms with Gasteiger partial charge >= 0.3 is 0 Å². The van der Waals surface area contributed by atoms with Gasteiger partial charge in [-0.2, -0.15) is 0 Å². The predicted octanol–water partition coefficient (Wildman–Crippen LogP) is 3.63. The molecule has 0 N–H and O–H groups in total. The highest BCUT2D eigenvalue weighted by Gasteiger charge is 1.93. The molecule has 0 amide bonds. The van der Waals surface area contributed by atoms with E-state index in [9.17, 15) is 0 Å². The van der Waals surface area contributed by atoms with Crippen molar-refractivity contribution >= 4 is 17.8 Å². The summed E-state index contributed by atoms with van der Waals surface area (Å²) in [7, 11) is 4.09. The molecule has 92 valence electrons. The van der Waals surface area contributed by atoms with Gasteiger partial charge in [0.25, 0.3) is 0 Å². The Morgan fingerprint density at radius 1 is 0.889 bits per heavy atom. The summed E-state index contributed by atoms with van der Waals surface area (Å²) >= 11 is 0. The van der Waals surface area contributed by atoms with Crippen LogP contribution in [0.5, 0.6) is 0 Å². The van der Waals surface area contributed by atoms with Crippen molar-refractivity contribution in [2.24, 2.45) is 0 Å². The lowest BCUT2D eigenvalue weighted by Crippen LogP contribution is -2.07. The molecule has 0 aliphatic rings. The van der Waals surface area contributed by atoms with Gasteiger partial charge in [0.15, 0.2) is 0 Å². The first kappa shape index (κ1) is 12.4. The maximum Gasteiger partial charge on any atom is 0.0373 e. The summed E-state index contributed by atoms with van der Waals surface area (Å²) in [4.78, 5) is 6.37. The third-order valence-corrected chi connectivity index (χ3v) is 2.81. The van der Waals surface area contributed by atoms with Crippen molar-refractivity contribution in [2.45, 2.75) is 6.92 Å². The third kappa shape index (κ3) is 3.20. The first-order valence-electron chi connectivity index (χ1n) is 6.03. The zero-order valence-electron chi connectivity index (χ0n) is 11.1. The maximum atomic E-state index is 4.27. The topological polar surface area (TPSA) is 16.1 Å². The summed E-state index contributed by atoms with van der Waals surface area (Å²) in [6.07, 6.45) is 6.07. The lowest BCUT2D eigenvalue weighted by atomic mass is 10.1. The lowest BCUT2D eigenvalue weighted by molar-refractivity contribution is 1.13. The standard InChI is InChI=1S/C16H18N2/c1-13-4-5-15(12-17-13)7-6-14-8-10-16(11-9-14)18(2)3/h4-12H,1-3H3/b7-6+. The predicted molar refractivity (Wildman–Crippen MR) is 78.7 cm³/mol. The van der Waals surface area contributed by atoms with Gasteiger partial charge in [-0.05, 0) is 36.2 Å². The summed E-state index contributed by atoms with van der Waals surface area (Å²) < 4.78 is 0. The van der Waals surface area contributed by atoms with E-state index in [1.807, 2.05) is 33.3 Å². The van der Waals surface area contributed by atoms with Crippen LogP contribution in [0.4, 0.5) is 5.69 Å². The molecule has 0 saturated carbocycles. The van der Waals surface area contributed by atoms with Crippen molar-refractivity contribution in [3.05, 3.63) is 59.4 Å². The van der Waals surface area contributed by atoms with Crippen LogP contribution in [0.15, 0.2) is 42.6 Å². The molecular weight excluding hydrogens is 220 g/mol. The van der Waals surface area contributed by atoms with Gasteiger partial charge in [0.05, 0.1) is 0 Å². The van der Waals surface area contributed by atoms with Crippen molar-refractivity contribution in [1.82, 2.24) is 4.98 Å². The number of pyridine rings is 1. The number of aryl methyl sites for hydroxylation is 1. The molecule has 0 aliphatic heterocycles. The molecular formula is C16H18N2. The van der Waals surface area contributed by atoms with Gasteiger partial charge in [-0.15, -0.1) is 0 Å². The largest absolute Gasteiger partial charge is 0.378 e. The molecule has 0 atom stereocenters. The van der Waals surface area contributed by atoms with E-state index in [1.54, 1.807) is 0 Å². The molecule has 0 saturated heterocycles.